The maximum Gasteiger partial charge on any atom is 1.00 e. The zero-order chi connectivity index (χ0) is 20.0. The smallest absolute Gasteiger partial charge is 1.00 e. The first-order valence-electron chi connectivity index (χ1n) is 7.94. The molecule has 0 amide bonds. The summed E-state index contributed by atoms with van der Waals surface area (Å²) >= 11 is 0. The summed E-state index contributed by atoms with van der Waals surface area (Å²) in [4.78, 5) is 13.1. The summed E-state index contributed by atoms with van der Waals surface area (Å²) in [5, 5.41) is 0.630. The molecule has 0 spiro atoms. The second-order valence-electron chi connectivity index (χ2n) is 5.27. The molecule has 2 aromatic carbocycles. The van der Waals surface area contributed by atoms with E-state index in [9.17, 15) is 4.79 Å². The van der Waals surface area contributed by atoms with Crippen LogP contribution >= 0.6 is 8.58 Å². The van der Waals surface area contributed by atoms with Gasteiger partial charge in [0.1, 0.15) is 40.1 Å². The first-order chi connectivity index (χ1) is 13.0. The van der Waals surface area contributed by atoms with Gasteiger partial charge in [-0.15, -0.1) is 0 Å². The van der Waals surface area contributed by atoms with Crippen LogP contribution in [0.3, 0.4) is 0 Å². The van der Waals surface area contributed by atoms with Crippen molar-refractivity contribution in [3.05, 3.63) is 29.8 Å². The van der Waals surface area contributed by atoms with E-state index in [1.807, 2.05) is 0 Å². The Bertz CT molecular complexity index is 782. The molecule has 0 bridgehead atoms. The summed E-state index contributed by atoms with van der Waals surface area (Å²) in [6, 6.07) is 6.70. The molecule has 1 atom stereocenters. The van der Waals surface area contributed by atoms with E-state index in [1.165, 1.54) is 35.5 Å². The normalized spacial score (nSPS) is 10.2. The van der Waals surface area contributed by atoms with Crippen LogP contribution in [0.2, 0.25) is 0 Å². The van der Waals surface area contributed by atoms with Crippen LogP contribution in [0, 0.1) is 0 Å². The molecule has 7 nitrogen and oxygen atoms in total. The van der Waals surface area contributed by atoms with Gasteiger partial charge >= 0.3 is 18.9 Å². The zero-order valence-corrected chi connectivity index (χ0v) is 18.2. The Balaban J connectivity index is 0.00000392. The number of hydrogen-bond donors (Lipinski definition) is 0. The second kappa shape index (κ2) is 11.1. The van der Waals surface area contributed by atoms with Crippen molar-refractivity contribution in [2.75, 3.05) is 42.7 Å². The van der Waals surface area contributed by atoms with Crippen molar-refractivity contribution in [3.63, 3.8) is 0 Å². The molecule has 28 heavy (non-hydrogen) atoms. The number of ether oxygens (including phenoxy) is 6. The van der Waals surface area contributed by atoms with E-state index in [1.54, 1.807) is 31.4 Å². The van der Waals surface area contributed by atoms with E-state index in [0.717, 1.165) is 0 Å². The Labute approximate surface area is 180 Å². The largest absolute Gasteiger partial charge is 1.00 e. The molecule has 148 valence electrons. The summed E-state index contributed by atoms with van der Waals surface area (Å²) in [5.74, 6) is 2.85. The van der Waals surface area contributed by atoms with Gasteiger partial charge < -0.3 is 29.8 Å². The molecule has 0 radical (unpaired) electrons. The van der Waals surface area contributed by atoms with Crippen molar-refractivity contribution in [1.82, 2.24) is 0 Å². The molecular formula is C19H24LiO7P. The van der Waals surface area contributed by atoms with E-state index >= 15 is 0 Å². The Hall–Kier alpha value is -2.06. The van der Waals surface area contributed by atoms with Crippen LogP contribution in [0.5, 0.6) is 34.5 Å². The topological polar surface area (TPSA) is 72.5 Å². The van der Waals surface area contributed by atoms with Gasteiger partial charge in [-0.25, -0.2) is 0 Å². The quantitative estimate of drug-likeness (QED) is 0.432. The van der Waals surface area contributed by atoms with Gasteiger partial charge in [0.05, 0.1) is 48.0 Å². The Morgan fingerprint density at radius 1 is 0.679 bits per heavy atom. The van der Waals surface area contributed by atoms with E-state index < -0.39 is 0 Å². The first-order valence-corrected chi connectivity index (χ1v) is 8.94. The minimum atomic E-state index is -0.284. The van der Waals surface area contributed by atoms with Crippen LogP contribution in [0.4, 0.5) is 0 Å². The molecular weight excluding hydrogens is 378 g/mol. The average Bonchev–Trinajstić information content (AvgIpc) is 2.72. The molecule has 0 saturated carbocycles. The van der Waals surface area contributed by atoms with Crippen molar-refractivity contribution < 1.29 is 53.5 Å². The van der Waals surface area contributed by atoms with Gasteiger partial charge in [-0.05, 0) is 8.58 Å². The minimum absolute atomic E-state index is 0. The molecule has 0 aliphatic carbocycles. The minimum Gasteiger partial charge on any atom is -1.00 e. The van der Waals surface area contributed by atoms with Crippen LogP contribution < -0.4 is 52.6 Å². The monoisotopic (exact) mass is 402 g/mol. The van der Waals surface area contributed by atoms with Crippen LogP contribution in [-0.2, 0) is 0 Å². The summed E-state index contributed by atoms with van der Waals surface area (Å²) < 4.78 is 32.1. The summed E-state index contributed by atoms with van der Waals surface area (Å²) in [6.45, 7) is 0. The van der Waals surface area contributed by atoms with Crippen LogP contribution in [0.15, 0.2) is 24.3 Å². The molecule has 2 aromatic rings. The molecule has 9 heteroatoms. The van der Waals surface area contributed by atoms with Crippen molar-refractivity contribution in [2.24, 2.45) is 0 Å². The molecule has 0 aromatic heterocycles. The van der Waals surface area contributed by atoms with E-state index in [2.05, 4.69) is 0 Å². The Morgan fingerprint density at radius 3 is 1.36 bits per heavy atom. The first kappa shape index (κ1) is 24.0. The van der Waals surface area contributed by atoms with Crippen LogP contribution in [-0.4, -0.2) is 48.2 Å². The number of carbonyl (C=O) groups excluding carboxylic acids is 1. The standard InChI is InChI=1S/C19H23O7P.Li.H/c1-21-11-7-13(23-3)17(14(8-11)24-4)19(20)27-18-15(25-5)9-12(22-2)10-16(18)26-6;;/h7-10,27H,1-6H3;;/q;+1;-1. The molecule has 0 saturated heterocycles. The van der Waals surface area contributed by atoms with Crippen molar-refractivity contribution in [3.8, 4) is 34.5 Å². The molecule has 0 N–H and O–H groups in total. The van der Waals surface area contributed by atoms with Crippen LogP contribution in [0.1, 0.15) is 11.8 Å². The predicted molar refractivity (Wildman–Crippen MR) is 106 cm³/mol. The number of rotatable bonds is 9. The number of carbonyl (C=O) groups is 1. The molecule has 1 unspecified atom stereocenters. The van der Waals surface area contributed by atoms with Gasteiger partial charge in [-0.1, -0.05) is 0 Å². The maximum absolute atomic E-state index is 13.1. The molecule has 2 rings (SSSR count). The summed E-state index contributed by atoms with van der Waals surface area (Å²) in [5.41, 5.74) is 0.146. The third-order valence-corrected chi connectivity index (χ3v) is 5.12. The van der Waals surface area contributed by atoms with Gasteiger partial charge in [0, 0.05) is 24.3 Å². The number of hydrogen-bond acceptors (Lipinski definition) is 7. The maximum atomic E-state index is 13.1. The van der Waals surface area contributed by atoms with Gasteiger partial charge in [0.25, 0.3) is 0 Å². The Morgan fingerprint density at radius 2 is 1.04 bits per heavy atom. The molecule has 0 aliphatic heterocycles. The Kier molecular flexibility index (Phi) is 9.47. The third-order valence-electron chi connectivity index (χ3n) is 3.90. The zero-order valence-electron chi connectivity index (χ0n) is 18.2. The second-order valence-corrected chi connectivity index (χ2v) is 6.47. The number of benzene rings is 2. The van der Waals surface area contributed by atoms with E-state index in [0.29, 0.717) is 45.4 Å². The number of methoxy groups -OCH3 is 6. The van der Waals surface area contributed by atoms with E-state index in [4.69, 9.17) is 28.4 Å². The SMILES string of the molecule is COc1cc(OC)c(PC(=O)c2c(OC)cc(OC)cc2OC)c(OC)c1.[H-].[Li+]. The fourth-order valence-corrected chi connectivity index (χ4v) is 3.73. The summed E-state index contributed by atoms with van der Waals surface area (Å²) in [7, 11) is 8.83. The molecule has 0 heterocycles. The van der Waals surface area contributed by atoms with Gasteiger partial charge in [0.15, 0.2) is 5.52 Å². The van der Waals surface area contributed by atoms with Crippen molar-refractivity contribution in [1.29, 1.82) is 0 Å². The van der Waals surface area contributed by atoms with Gasteiger partial charge in [-0.3, -0.25) is 4.79 Å². The van der Waals surface area contributed by atoms with Gasteiger partial charge in [0.2, 0.25) is 0 Å². The predicted octanol–water partition coefficient (Wildman–Crippen LogP) is -0.00110. The van der Waals surface area contributed by atoms with E-state index in [-0.39, 0.29) is 34.4 Å². The molecule has 0 fully saturated rings. The third kappa shape index (κ3) is 5.05. The average molecular weight is 402 g/mol. The van der Waals surface area contributed by atoms with Crippen molar-refractivity contribution in [2.45, 2.75) is 0 Å². The van der Waals surface area contributed by atoms with Crippen LogP contribution in [0.25, 0.3) is 0 Å². The summed E-state index contributed by atoms with van der Waals surface area (Å²) in [6.07, 6.45) is 0. The molecule has 0 aliphatic rings. The van der Waals surface area contributed by atoms with Crippen molar-refractivity contribution >= 4 is 19.4 Å². The van der Waals surface area contributed by atoms with Gasteiger partial charge in [-0.2, -0.15) is 0 Å². The fraction of sp³-hybridized carbons (Fsp3) is 0.316. The fourth-order valence-electron chi connectivity index (χ4n) is 2.53.